The van der Waals surface area contributed by atoms with Gasteiger partial charge in [0.15, 0.2) is 11.5 Å². The van der Waals surface area contributed by atoms with Crippen molar-refractivity contribution in [2.45, 2.75) is 57.6 Å². The number of methoxy groups -OCH3 is 1. The lowest BCUT2D eigenvalue weighted by molar-refractivity contribution is -0.144. The number of rotatable bonds is 5. The van der Waals surface area contributed by atoms with Gasteiger partial charge in [0.05, 0.1) is 19.1 Å². The van der Waals surface area contributed by atoms with E-state index in [4.69, 9.17) is 9.47 Å². The van der Waals surface area contributed by atoms with Crippen LogP contribution in [-0.2, 0) is 4.79 Å². The van der Waals surface area contributed by atoms with Crippen molar-refractivity contribution in [2.24, 2.45) is 5.92 Å². The Kier molecular flexibility index (Phi) is 5.69. The first-order valence-corrected chi connectivity index (χ1v) is 9.39. The first-order chi connectivity index (χ1) is 12.5. The summed E-state index contributed by atoms with van der Waals surface area (Å²) in [5.74, 6) is -0.310. The standard InChI is InChI=1S/C20H27NO5/c1-13-16(20(23)24)8-5-11-21(13)19(22)14-9-10-17(18(12-14)25-2)26-15-6-3-4-7-15/h9-10,12-13,15-16H,3-8,11H2,1-2H3,(H,23,24)/t13-,16-/m0/s1. The number of benzene rings is 1. The number of hydrogen-bond acceptors (Lipinski definition) is 4. The van der Waals surface area contributed by atoms with Crippen LogP contribution in [0.4, 0.5) is 0 Å². The zero-order chi connectivity index (χ0) is 18.7. The van der Waals surface area contributed by atoms with Crippen LogP contribution in [0.5, 0.6) is 11.5 Å². The minimum atomic E-state index is -0.840. The van der Waals surface area contributed by atoms with E-state index in [2.05, 4.69) is 0 Å². The predicted molar refractivity (Wildman–Crippen MR) is 96.7 cm³/mol. The summed E-state index contributed by atoms with van der Waals surface area (Å²) in [5, 5.41) is 9.36. The van der Waals surface area contributed by atoms with Gasteiger partial charge in [0, 0.05) is 18.2 Å². The van der Waals surface area contributed by atoms with E-state index in [9.17, 15) is 14.7 Å². The Hall–Kier alpha value is -2.24. The average molecular weight is 361 g/mol. The van der Waals surface area contributed by atoms with Crippen LogP contribution in [-0.4, -0.2) is 47.7 Å². The van der Waals surface area contributed by atoms with Crippen molar-refractivity contribution < 1.29 is 24.2 Å². The summed E-state index contributed by atoms with van der Waals surface area (Å²) in [5.41, 5.74) is 0.499. The van der Waals surface area contributed by atoms with Crippen LogP contribution in [0.1, 0.15) is 55.8 Å². The van der Waals surface area contributed by atoms with E-state index in [1.54, 1.807) is 30.2 Å². The SMILES string of the molecule is COc1cc(C(=O)N2CCC[C@H](C(=O)O)[C@@H]2C)ccc1OC1CCCC1. The summed E-state index contributed by atoms with van der Waals surface area (Å²) in [7, 11) is 1.56. The van der Waals surface area contributed by atoms with Gasteiger partial charge < -0.3 is 19.5 Å². The van der Waals surface area contributed by atoms with Crippen molar-refractivity contribution in [1.82, 2.24) is 4.90 Å². The number of nitrogens with zero attached hydrogens (tertiary/aromatic N) is 1. The summed E-state index contributed by atoms with van der Waals surface area (Å²) >= 11 is 0. The lowest BCUT2D eigenvalue weighted by Gasteiger charge is -2.37. The van der Waals surface area contributed by atoms with Crippen molar-refractivity contribution in [3.05, 3.63) is 23.8 Å². The molecule has 1 saturated heterocycles. The molecule has 2 atom stereocenters. The van der Waals surface area contributed by atoms with Crippen molar-refractivity contribution in [2.75, 3.05) is 13.7 Å². The van der Waals surface area contributed by atoms with Gasteiger partial charge in [0.2, 0.25) is 0 Å². The second kappa shape index (κ2) is 7.98. The van der Waals surface area contributed by atoms with E-state index in [1.807, 2.05) is 6.92 Å². The minimum Gasteiger partial charge on any atom is -0.493 e. The molecule has 1 N–H and O–H groups in total. The summed E-state index contributed by atoms with van der Waals surface area (Å²) in [6.07, 6.45) is 5.98. The van der Waals surface area contributed by atoms with Gasteiger partial charge in [-0.2, -0.15) is 0 Å². The van der Waals surface area contributed by atoms with E-state index >= 15 is 0 Å². The molecule has 1 aliphatic carbocycles. The molecule has 6 nitrogen and oxygen atoms in total. The lowest BCUT2D eigenvalue weighted by Crippen LogP contribution is -2.49. The van der Waals surface area contributed by atoms with Gasteiger partial charge in [0.1, 0.15) is 0 Å². The molecular formula is C20H27NO5. The molecule has 142 valence electrons. The molecule has 1 saturated carbocycles. The smallest absolute Gasteiger partial charge is 0.308 e. The maximum atomic E-state index is 12.9. The number of hydrogen-bond donors (Lipinski definition) is 1. The molecule has 0 spiro atoms. The number of piperidine rings is 1. The molecule has 0 aromatic heterocycles. The first-order valence-electron chi connectivity index (χ1n) is 9.39. The maximum absolute atomic E-state index is 12.9. The van der Waals surface area contributed by atoms with Gasteiger partial charge in [-0.15, -0.1) is 0 Å². The average Bonchev–Trinajstić information content (AvgIpc) is 3.14. The van der Waals surface area contributed by atoms with Gasteiger partial charge in [0.25, 0.3) is 5.91 Å². The van der Waals surface area contributed by atoms with Crippen LogP contribution in [0, 0.1) is 5.92 Å². The van der Waals surface area contributed by atoms with E-state index < -0.39 is 11.9 Å². The van der Waals surface area contributed by atoms with Crippen LogP contribution in [0.15, 0.2) is 18.2 Å². The van der Waals surface area contributed by atoms with Crippen LogP contribution in [0.25, 0.3) is 0 Å². The highest BCUT2D eigenvalue weighted by atomic mass is 16.5. The first kappa shape index (κ1) is 18.5. The number of amides is 1. The van der Waals surface area contributed by atoms with E-state index in [0.29, 0.717) is 36.4 Å². The second-order valence-electron chi connectivity index (χ2n) is 7.22. The van der Waals surface area contributed by atoms with Gasteiger partial charge in [-0.05, 0) is 63.6 Å². The van der Waals surface area contributed by atoms with Crippen LogP contribution in [0.2, 0.25) is 0 Å². The third kappa shape index (κ3) is 3.79. The van der Waals surface area contributed by atoms with Gasteiger partial charge >= 0.3 is 5.97 Å². The summed E-state index contributed by atoms with van der Waals surface area (Å²) in [6.45, 7) is 2.39. The summed E-state index contributed by atoms with van der Waals surface area (Å²) in [6, 6.07) is 4.90. The fourth-order valence-corrected chi connectivity index (χ4v) is 4.01. The third-order valence-corrected chi connectivity index (χ3v) is 5.57. The number of carboxylic acids is 1. The largest absolute Gasteiger partial charge is 0.493 e. The monoisotopic (exact) mass is 361 g/mol. The minimum absolute atomic E-state index is 0.158. The second-order valence-corrected chi connectivity index (χ2v) is 7.22. The molecule has 0 radical (unpaired) electrons. The Morgan fingerprint density at radius 2 is 1.85 bits per heavy atom. The third-order valence-electron chi connectivity index (χ3n) is 5.57. The Labute approximate surface area is 154 Å². The van der Waals surface area contributed by atoms with E-state index in [0.717, 1.165) is 12.8 Å². The van der Waals surface area contributed by atoms with Gasteiger partial charge in [-0.1, -0.05) is 0 Å². The highest BCUT2D eigenvalue weighted by Gasteiger charge is 2.35. The highest BCUT2D eigenvalue weighted by Crippen LogP contribution is 2.33. The Balaban J connectivity index is 1.77. The number of carboxylic acid groups (broad SMARTS) is 1. The molecule has 0 bridgehead atoms. The van der Waals surface area contributed by atoms with Gasteiger partial charge in [-0.25, -0.2) is 0 Å². The molecular weight excluding hydrogens is 334 g/mol. The zero-order valence-electron chi connectivity index (χ0n) is 15.4. The maximum Gasteiger partial charge on any atom is 0.308 e. The molecule has 26 heavy (non-hydrogen) atoms. The fourth-order valence-electron chi connectivity index (χ4n) is 4.01. The van der Waals surface area contributed by atoms with E-state index in [-0.39, 0.29) is 18.1 Å². The number of aliphatic carboxylic acids is 1. The molecule has 3 rings (SSSR count). The van der Waals surface area contributed by atoms with Crippen LogP contribution in [0.3, 0.4) is 0 Å². The number of carbonyl (C=O) groups is 2. The van der Waals surface area contributed by atoms with Gasteiger partial charge in [-0.3, -0.25) is 9.59 Å². The molecule has 1 aromatic rings. The Morgan fingerprint density at radius 3 is 2.50 bits per heavy atom. The topological polar surface area (TPSA) is 76.1 Å². The molecule has 1 amide bonds. The van der Waals surface area contributed by atoms with Crippen LogP contribution < -0.4 is 9.47 Å². The predicted octanol–water partition coefficient (Wildman–Crippen LogP) is 3.34. The Bertz CT molecular complexity index is 668. The lowest BCUT2D eigenvalue weighted by atomic mass is 9.90. The Morgan fingerprint density at radius 1 is 1.12 bits per heavy atom. The van der Waals surface area contributed by atoms with Crippen molar-refractivity contribution in [1.29, 1.82) is 0 Å². The number of carbonyl (C=O) groups excluding carboxylic acids is 1. The zero-order valence-corrected chi connectivity index (χ0v) is 15.4. The molecule has 2 fully saturated rings. The number of ether oxygens (including phenoxy) is 2. The number of likely N-dealkylation sites (tertiary alicyclic amines) is 1. The molecule has 1 heterocycles. The highest BCUT2D eigenvalue weighted by molar-refractivity contribution is 5.95. The van der Waals surface area contributed by atoms with Crippen molar-refractivity contribution in [3.8, 4) is 11.5 Å². The van der Waals surface area contributed by atoms with Crippen molar-refractivity contribution >= 4 is 11.9 Å². The molecule has 1 aromatic carbocycles. The van der Waals surface area contributed by atoms with Crippen molar-refractivity contribution in [3.63, 3.8) is 0 Å². The molecule has 1 aliphatic heterocycles. The fraction of sp³-hybridized carbons (Fsp3) is 0.600. The normalized spacial score (nSPS) is 23.7. The quantitative estimate of drug-likeness (QED) is 0.870. The van der Waals surface area contributed by atoms with Crippen LogP contribution >= 0.6 is 0 Å². The summed E-state index contributed by atoms with van der Waals surface area (Å²) in [4.78, 5) is 26.0. The molecule has 2 aliphatic rings. The summed E-state index contributed by atoms with van der Waals surface area (Å²) < 4.78 is 11.4. The molecule has 0 unspecified atom stereocenters. The molecule has 6 heteroatoms. The van der Waals surface area contributed by atoms with E-state index in [1.165, 1.54) is 12.8 Å².